The Kier molecular flexibility index (Phi) is 5.49. The van der Waals surface area contributed by atoms with Crippen molar-refractivity contribution in [3.8, 4) is 11.5 Å². The maximum atomic E-state index is 12.5. The molecule has 0 heterocycles. The lowest BCUT2D eigenvalue weighted by molar-refractivity contribution is 0.102. The molecule has 0 aromatic heterocycles. The lowest BCUT2D eigenvalue weighted by atomic mass is 10.1. The molecule has 1 N–H and O–H groups in total. The fraction of sp³-hybridized carbons (Fsp3) is 0.350. The highest BCUT2D eigenvalue weighted by atomic mass is 35.5. The second kappa shape index (κ2) is 7.79. The molecule has 1 aliphatic rings. The molecule has 0 saturated heterocycles. The minimum absolute atomic E-state index is 0.236. The first kappa shape index (κ1) is 17.6. The Balaban J connectivity index is 1.76. The van der Waals surface area contributed by atoms with Gasteiger partial charge in [0.2, 0.25) is 0 Å². The third-order valence-corrected chi connectivity index (χ3v) is 4.71. The number of benzene rings is 2. The van der Waals surface area contributed by atoms with Gasteiger partial charge in [-0.1, -0.05) is 17.7 Å². The number of halogens is 1. The number of methoxy groups -OCH3 is 1. The SMILES string of the molecule is COc1cc(C(=O)Nc2ccc(C)cc2Cl)ccc1OC1CCCC1. The fourth-order valence-corrected chi connectivity index (χ4v) is 3.29. The summed E-state index contributed by atoms with van der Waals surface area (Å²) in [5.74, 6) is 1.00. The highest BCUT2D eigenvalue weighted by Crippen LogP contribution is 2.33. The van der Waals surface area contributed by atoms with Crippen LogP contribution in [0, 0.1) is 6.92 Å². The van der Waals surface area contributed by atoms with Crippen molar-refractivity contribution in [2.75, 3.05) is 12.4 Å². The molecular weight excluding hydrogens is 338 g/mol. The Labute approximate surface area is 153 Å². The molecule has 132 valence electrons. The quantitative estimate of drug-likeness (QED) is 0.795. The minimum Gasteiger partial charge on any atom is -0.493 e. The number of carbonyl (C=O) groups is 1. The maximum absolute atomic E-state index is 12.5. The molecule has 0 radical (unpaired) electrons. The van der Waals surface area contributed by atoms with E-state index in [9.17, 15) is 4.79 Å². The molecular formula is C20H22ClNO3. The Morgan fingerprint density at radius 2 is 1.88 bits per heavy atom. The third kappa shape index (κ3) is 4.26. The highest BCUT2D eigenvalue weighted by molar-refractivity contribution is 6.34. The normalized spacial score (nSPS) is 14.4. The topological polar surface area (TPSA) is 47.6 Å². The summed E-state index contributed by atoms with van der Waals surface area (Å²) in [5, 5.41) is 3.35. The standard InChI is InChI=1S/C20H22ClNO3/c1-13-7-9-17(16(21)11-13)22-20(23)14-8-10-18(19(12-14)24-2)25-15-5-3-4-6-15/h7-12,15H,3-6H2,1-2H3,(H,22,23). The van der Waals surface area contributed by atoms with E-state index in [1.165, 1.54) is 12.8 Å². The van der Waals surface area contributed by atoms with Crippen LogP contribution < -0.4 is 14.8 Å². The van der Waals surface area contributed by atoms with Crippen LogP contribution in [0.4, 0.5) is 5.69 Å². The Morgan fingerprint density at radius 1 is 1.12 bits per heavy atom. The monoisotopic (exact) mass is 359 g/mol. The van der Waals surface area contributed by atoms with E-state index in [-0.39, 0.29) is 12.0 Å². The predicted molar refractivity (Wildman–Crippen MR) is 100 cm³/mol. The van der Waals surface area contributed by atoms with E-state index in [1.807, 2.05) is 19.1 Å². The van der Waals surface area contributed by atoms with Crippen LogP contribution in [0.2, 0.25) is 5.02 Å². The zero-order valence-corrected chi connectivity index (χ0v) is 15.2. The zero-order chi connectivity index (χ0) is 17.8. The number of carbonyl (C=O) groups excluding carboxylic acids is 1. The summed E-state index contributed by atoms with van der Waals surface area (Å²) in [6.07, 6.45) is 4.77. The number of ether oxygens (including phenoxy) is 2. The maximum Gasteiger partial charge on any atom is 0.255 e. The minimum atomic E-state index is -0.239. The molecule has 1 aliphatic carbocycles. The number of hydrogen-bond acceptors (Lipinski definition) is 3. The van der Waals surface area contributed by atoms with Crippen LogP contribution >= 0.6 is 11.6 Å². The second-order valence-electron chi connectivity index (χ2n) is 6.33. The van der Waals surface area contributed by atoms with Gasteiger partial charge < -0.3 is 14.8 Å². The zero-order valence-electron chi connectivity index (χ0n) is 14.5. The average molecular weight is 360 g/mol. The summed E-state index contributed by atoms with van der Waals surface area (Å²) in [6.45, 7) is 1.95. The van der Waals surface area contributed by atoms with E-state index in [0.29, 0.717) is 27.8 Å². The Morgan fingerprint density at radius 3 is 2.56 bits per heavy atom. The van der Waals surface area contributed by atoms with Gasteiger partial charge in [-0.2, -0.15) is 0 Å². The third-order valence-electron chi connectivity index (χ3n) is 4.39. The van der Waals surface area contributed by atoms with Crippen molar-refractivity contribution in [3.05, 3.63) is 52.5 Å². The molecule has 2 aromatic carbocycles. The van der Waals surface area contributed by atoms with Gasteiger partial charge in [-0.15, -0.1) is 0 Å². The summed E-state index contributed by atoms with van der Waals surface area (Å²) in [4.78, 5) is 12.5. The summed E-state index contributed by atoms with van der Waals surface area (Å²) in [5.41, 5.74) is 2.12. The van der Waals surface area contributed by atoms with Crippen molar-refractivity contribution in [3.63, 3.8) is 0 Å². The van der Waals surface area contributed by atoms with E-state index in [1.54, 1.807) is 31.4 Å². The molecule has 4 nitrogen and oxygen atoms in total. The summed E-state index contributed by atoms with van der Waals surface area (Å²) >= 11 is 6.18. The van der Waals surface area contributed by atoms with Crippen molar-refractivity contribution >= 4 is 23.2 Å². The predicted octanol–water partition coefficient (Wildman–Crippen LogP) is 5.23. The first-order valence-electron chi connectivity index (χ1n) is 8.49. The lowest BCUT2D eigenvalue weighted by Crippen LogP contribution is -2.14. The van der Waals surface area contributed by atoms with E-state index < -0.39 is 0 Å². The van der Waals surface area contributed by atoms with Gasteiger partial charge in [0.1, 0.15) is 0 Å². The van der Waals surface area contributed by atoms with Gasteiger partial charge >= 0.3 is 0 Å². The van der Waals surface area contributed by atoms with Crippen LogP contribution in [0.1, 0.15) is 41.6 Å². The fourth-order valence-electron chi connectivity index (χ4n) is 3.01. The number of rotatable bonds is 5. The molecule has 1 amide bonds. The number of aryl methyl sites for hydroxylation is 1. The molecule has 5 heteroatoms. The van der Waals surface area contributed by atoms with E-state index in [2.05, 4.69) is 5.32 Å². The average Bonchev–Trinajstić information content (AvgIpc) is 3.10. The number of amides is 1. The molecule has 1 fully saturated rings. The lowest BCUT2D eigenvalue weighted by Gasteiger charge is -2.16. The van der Waals surface area contributed by atoms with Crippen LogP contribution in [-0.4, -0.2) is 19.1 Å². The summed E-state index contributed by atoms with van der Waals surface area (Å²) in [6, 6.07) is 10.7. The molecule has 0 unspecified atom stereocenters. The van der Waals surface area contributed by atoms with Crippen molar-refractivity contribution < 1.29 is 14.3 Å². The van der Waals surface area contributed by atoms with Crippen LogP contribution in [0.3, 0.4) is 0 Å². The highest BCUT2D eigenvalue weighted by Gasteiger charge is 2.19. The number of nitrogens with one attached hydrogen (secondary N) is 1. The van der Waals surface area contributed by atoms with Gasteiger partial charge in [-0.3, -0.25) is 4.79 Å². The number of hydrogen-bond donors (Lipinski definition) is 1. The van der Waals surface area contributed by atoms with Gasteiger partial charge in [0.25, 0.3) is 5.91 Å². The number of anilines is 1. The van der Waals surface area contributed by atoms with Crippen molar-refractivity contribution in [1.29, 1.82) is 0 Å². The van der Waals surface area contributed by atoms with E-state index >= 15 is 0 Å². The van der Waals surface area contributed by atoms with E-state index in [4.69, 9.17) is 21.1 Å². The van der Waals surface area contributed by atoms with Gasteiger partial charge in [0, 0.05) is 5.56 Å². The van der Waals surface area contributed by atoms with Gasteiger partial charge in [-0.25, -0.2) is 0 Å². The smallest absolute Gasteiger partial charge is 0.255 e. The van der Waals surface area contributed by atoms with Crippen LogP contribution in [0.25, 0.3) is 0 Å². The van der Waals surface area contributed by atoms with Gasteiger partial charge in [-0.05, 0) is 68.5 Å². The first-order valence-corrected chi connectivity index (χ1v) is 8.87. The molecule has 0 atom stereocenters. The van der Waals surface area contributed by atoms with Crippen LogP contribution in [0.15, 0.2) is 36.4 Å². The molecule has 25 heavy (non-hydrogen) atoms. The van der Waals surface area contributed by atoms with Gasteiger partial charge in [0.05, 0.1) is 23.9 Å². The van der Waals surface area contributed by atoms with Crippen molar-refractivity contribution in [2.24, 2.45) is 0 Å². The summed E-state index contributed by atoms with van der Waals surface area (Å²) in [7, 11) is 1.58. The second-order valence-corrected chi connectivity index (χ2v) is 6.73. The molecule has 2 aromatic rings. The van der Waals surface area contributed by atoms with Crippen molar-refractivity contribution in [1.82, 2.24) is 0 Å². The molecule has 1 saturated carbocycles. The molecule has 0 aliphatic heterocycles. The Bertz CT molecular complexity index is 770. The van der Waals surface area contributed by atoms with Crippen molar-refractivity contribution in [2.45, 2.75) is 38.7 Å². The largest absolute Gasteiger partial charge is 0.493 e. The Hall–Kier alpha value is -2.20. The summed E-state index contributed by atoms with van der Waals surface area (Å²) < 4.78 is 11.4. The van der Waals surface area contributed by atoms with Crippen LogP contribution in [-0.2, 0) is 0 Å². The van der Waals surface area contributed by atoms with E-state index in [0.717, 1.165) is 18.4 Å². The first-order chi connectivity index (χ1) is 12.1. The van der Waals surface area contributed by atoms with Crippen LogP contribution in [0.5, 0.6) is 11.5 Å². The molecule has 0 bridgehead atoms. The van der Waals surface area contributed by atoms with Gasteiger partial charge in [0.15, 0.2) is 11.5 Å². The molecule has 3 rings (SSSR count). The molecule has 0 spiro atoms.